The first kappa shape index (κ1) is 12.6. The Morgan fingerprint density at radius 1 is 1.60 bits per heavy atom. The molecular formula is C7H12O2Ti. The number of rotatable bonds is 4. The smallest absolute Gasteiger partial charge is 0.330 e. The average Bonchev–Trinajstić information content (AvgIpc) is 1.82. The van der Waals surface area contributed by atoms with E-state index in [2.05, 4.69) is 6.58 Å². The largest absolute Gasteiger partial charge is 0.478 e. The first-order chi connectivity index (χ1) is 4.18. The summed E-state index contributed by atoms with van der Waals surface area (Å²) >= 11 is 0. The molecule has 56 valence electrons. The van der Waals surface area contributed by atoms with Crippen LogP contribution < -0.4 is 0 Å². The molecule has 3 heteroatoms. The summed E-state index contributed by atoms with van der Waals surface area (Å²) < 4.78 is 0. The van der Waals surface area contributed by atoms with Crippen LogP contribution in [0, 0.1) is 0 Å². The quantitative estimate of drug-likeness (QED) is 0.523. The van der Waals surface area contributed by atoms with E-state index in [1.54, 1.807) is 0 Å². The minimum absolute atomic E-state index is 0. The molecule has 0 amide bonds. The van der Waals surface area contributed by atoms with Crippen LogP contribution in [0.25, 0.3) is 0 Å². The summed E-state index contributed by atoms with van der Waals surface area (Å²) in [7, 11) is 0. The fourth-order valence-electron chi connectivity index (χ4n) is 0.497. The summed E-state index contributed by atoms with van der Waals surface area (Å²) in [6, 6.07) is 0. The van der Waals surface area contributed by atoms with E-state index in [9.17, 15) is 4.79 Å². The minimum Gasteiger partial charge on any atom is -0.478 e. The van der Waals surface area contributed by atoms with Crippen molar-refractivity contribution < 1.29 is 31.6 Å². The maximum absolute atomic E-state index is 10.1. The Bertz CT molecular complexity index is 121. The van der Waals surface area contributed by atoms with Crippen molar-refractivity contribution in [1.29, 1.82) is 0 Å². The zero-order valence-electron chi connectivity index (χ0n) is 6.18. The summed E-state index contributed by atoms with van der Waals surface area (Å²) in [4.78, 5) is 10.1. The van der Waals surface area contributed by atoms with E-state index in [0.717, 1.165) is 12.8 Å². The molecule has 0 bridgehead atoms. The third-order valence-electron chi connectivity index (χ3n) is 1.13. The van der Waals surface area contributed by atoms with Gasteiger partial charge in [-0.1, -0.05) is 19.9 Å². The summed E-state index contributed by atoms with van der Waals surface area (Å²) in [5.41, 5.74) is 0.317. The molecule has 0 aromatic carbocycles. The third kappa shape index (κ3) is 6.05. The molecule has 0 aliphatic carbocycles. The van der Waals surface area contributed by atoms with Crippen LogP contribution in [0.15, 0.2) is 12.2 Å². The Labute approximate surface area is 76.2 Å². The van der Waals surface area contributed by atoms with Crippen molar-refractivity contribution >= 4 is 5.97 Å². The Balaban J connectivity index is 0. The van der Waals surface area contributed by atoms with Crippen LogP contribution in [0.2, 0.25) is 0 Å². The summed E-state index contributed by atoms with van der Waals surface area (Å²) in [6.07, 6.45) is 2.56. The number of carboxylic acids is 1. The molecular weight excluding hydrogens is 164 g/mol. The second kappa shape index (κ2) is 7.04. The number of hydrogen-bond donors (Lipinski definition) is 1. The Morgan fingerprint density at radius 3 is 2.40 bits per heavy atom. The van der Waals surface area contributed by atoms with Gasteiger partial charge >= 0.3 is 5.97 Å². The van der Waals surface area contributed by atoms with Gasteiger partial charge in [0.15, 0.2) is 0 Å². The maximum Gasteiger partial charge on any atom is 0.330 e. The van der Waals surface area contributed by atoms with Crippen LogP contribution in [0.4, 0.5) is 0 Å². The van der Waals surface area contributed by atoms with Crippen LogP contribution >= 0.6 is 0 Å². The van der Waals surface area contributed by atoms with E-state index in [0.29, 0.717) is 12.0 Å². The molecule has 0 rings (SSSR count). The van der Waals surface area contributed by atoms with Crippen molar-refractivity contribution in [2.45, 2.75) is 26.2 Å². The topological polar surface area (TPSA) is 37.3 Å². The fourth-order valence-corrected chi connectivity index (χ4v) is 0.497. The van der Waals surface area contributed by atoms with Gasteiger partial charge in [-0.25, -0.2) is 4.79 Å². The summed E-state index contributed by atoms with van der Waals surface area (Å²) in [6.45, 7) is 5.42. The molecule has 0 aliphatic rings. The van der Waals surface area contributed by atoms with Gasteiger partial charge in [0.25, 0.3) is 0 Å². The molecule has 10 heavy (non-hydrogen) atoms. The van der Waals surface area contributed by atoms with Gasteiger partial charge in [-0.15, -0.1) is 0 Å². The molecule has 0 aliphatic heterocycles. The number of hydrogen-bond acceptors (Lipinski definition) is 1. The number of unbranched alkanes of at least 4 members (excludes halogenated alkanes) is 1. The second-order valence-corrected chi connectivity index (χ2v) is 2.01. The van der Waals surface area contributed by atoms with Crippen molar-refractivity contribution in [2.24, 2.45) is 0 Å². The molecule has 0 radical (unpaired) electrons. The van der Waals surface area contributed by atoms with Gasteiger partial charge in [-0.05, 0) is 12.8 Å². The molecule has 0 saturated carbocycles. The molecule has 0 atom stereocenters. The van der Waals surface area contributed by atoms with Crippen LogP contribution in [-0.2, 0) is 26.5 Å². The Morgan fingerprint density at radius 2 is 2.10 bits per heavy atom. The number of carboxylic acid groups (broad SMARTS) is 1. The zero-order valence-corrected chi connectivity index (χ0v) is 7.75. The maximum atomic E-state index is 10.1. The third-order valence-corrected chi connectivity index (χ3v) is 1.13. The number of carbonyl (C=O) groups is 1. The van der Waals surface area contributed by atoms with E-state index >= 15 is 0 Å². The van der Waals surface area contributed by atoms with E-state index < -0.39 is 5.97 Å². The minimum atomic E-state index is -0.872. The monoisotopic (exact) mass is 176 g/mol. The van der Waals surface area contributed by atoms with E-state index in [4.69, 9.17) is 5.11 Å². The zero-order chi connectivity index (χ0) is 7.28. The molecule has 0 fully saturated rings. The molecule has 0 aromatic rings. The normalized spacial score (nSPS) is 8.10. The molecule has 0 saturated heterocycles. The van der Waals surface area contributed by atoms with Crippen molar-refractivity contribution in [1.82, 2.24) is 0 Å². The van der Waals surface area contributed by atoms with Gasteiger partial charge in [-0.3, -0.25) is 0 Å². The second-order valence-electron chi connectivity index (χ2n) is 2.01. The molecule has 0 heterocycles. The van der Waals surface area contributed by atoms with Gasteiger partial charge in [0.05, 0.1) is 0 Å². The van der Waals surface area contributed by atoms with Crippen molar-refractivity contribution in [3.8, 4) is 0 Å². The average molecular weight is 176 g/mol. The predicted molar refractivity (Wildman–Crippen MR) is 36.3 cm³/mol. The van der Waals surface area contributed by atoms with Gasteiger partial charge in [0, 0.05) is 27.3 Å². The van der Waals surface area contributed by atoms with Crippen molar-refractivity contribution in [3.05, 3.63) is 12.2 Å². The van der Waals surface area contributed by atoms with Gasteiger partial charge in [0.2, 0.25) is 0 Å². The standard InChI is InChI=1S/C7H12O2.Ti/c1-3-4-5-6(2)7(8)9;/h2-5H2,1H3,(H,8,9);. The first-order valence-electron chi connectivity index (χ1n) is 3.09. The van der Waals surface area contributed by atoms with E-state index in [1.165, 1.54) is 0 Å². The van der Waals surface area contributed by atoms with E-state index in [-0.39, 0.29) is 21.7 Å². The van der Waals surface area contributed by atoms with Crippen molar-refractivity contribution in [2.75, 3.05) is 0 Å². The Kier molecular flexibility index (Phi) is 8.86. The van der Waals surface area contributed by atoms with Gasteiger partial charge < -0.3 is 5.11 Å². The summed E-state index contributed by atoms with van der Waals surface area (Å²) in [5, 5.41) is 8.31. The first-order valence-corrected chi connectivity index (χ1v) is 3.09. The molecule has 0 aromatic heterocycles. The van der Waals surface area contributed by atoms with Crippen LogP contribution in [0.3, 0.4) is 0 Å². The number of aliphatic carboxylic acids is 1. The van der Waals surface area contributed by atoms with Gasteiger partial charge in [-0.2, -0.15) is 0 Å². The Hall–Kier alpha value is -0.0757. The molecule has 1 N–H and O–H groups in total. The van der Waals surface area contributed by atoms with Crippen LogP contribution in [0.5, 0.6) is 0 Å². The van der Waals surface area contributed by atoms with E-state index in [1.807, 2.05) is 6.92 Å². The summed E-state index contributed by atoms with van der Waals surface area (Å²) in [5.74, 6) is -0.872. The SMILES string of the molecule is C=C(CCCC)C(=O)O.[Ti]. The fraction of sp³-hybridized carbons (Fsp3) is 0.571. The van der Waals surface area contributed by atoms with Gasteiger partial charge in [0.1, 0.15) is 0 Å². The van der Waals surface area contributed by atoms with Crippen LogP contribution in [0.1, 0.15) is 26.2 Å². The van der Waals surface area contributed by atoms with Crippen LogP contribution in [-0.4, -0.2) is 11.1 Å². The molecule has 2 nitrogen and oxygen atoms in total. The molecule has 0 unspecified atom stereocenters. The molecule has 0 spiro atoms. The van der Waals surface area contributed by atoms with Crippen molar-refractivity contribution in [3.63, 3.8) is 0 Å². The predicted octanol–water partition coefficient (Wildman–Crippen LogP) is 1.81.